The quantitative estimate of drug-likeness (QED) is 0.726. The molecule has 0 N–H and O–H groups in total. The zero-order chi connectivity index (χ0) is 10.8. The molecule has 0 aliphatic rings. The second kappa shape index (κ2) is 3.81. The van der Waals surface area contributed by atoms with Gasteiger partial charge in [-0.1, -0.05) is 12.1 Å². The summed E-state index contributed by atoms with van der Waals surface area (Å²) in [5.74, 6) is 1.72. The average Bonchev–Trinajstić information content (AvgIpc) is 2.58. The number of hydrogen-bond acceptors (Lipinski definition) is 1. The van der Waals surface area contributed by atoms with E-state index >= 15 is 0 Å². The summed E-state index contributed by atoms with van der Waals surface area (Å²) >= 11 is 0. The van der Waals surface area contributed by atoms with Crippen LogP contribution in [0, 0.1) is 19.9 Å². The lowest BCUT2D eigenvalue weighted by atomic mass is 10.1. The van der Waals surface area contributed by atoms with Crippen LogP contribution >= 0.6 is 0 Å². The van der Waals surface area contributed by atoms with Gasteiger partial charge in [0.2, 0.25) is 0 Å². The van der Waals surface area contributed by atoms with Crippen molar-refractivity contribution >= 4 is 0 Å². The number of rotatable bonds is 2. The zero-order valence-electron chi connectivity index (χ0n) is 9.24. The van der Waals surface area contributed by atoms with Gasteiger partial charge in [0.1, 0.15) is 5.75 Å². The van der Waals surface area contributed by atoms with Crippen molar-refractivity contribution in [1.82, 2.24) is 4.57 Å². The maximum Gasteiger partial charge on any atom is 0.200 e. The Bertz CT molecular complexity index is 471. The van der Waals surface area contributed by atoms with Crippen LogP contribution in [0.25, 0.3) is 0 Å². The van der Waals surface area contributed by atoms with Crippen molar-refractivity contribution in [3.8, 4) is 11.6 Å². The molecule has 0 atom stereocenters. The first-order chi connectivity index (χ1) is 7.16. The highest BCUT2D eigenvalue weighted by atomic mass is 16.5. The molecule has 0 unspecified atom stereocenters. The summed E-state index contributed by atoms with van der Waals surface area (Å²) in [5.41, 5.74) is 2.34. The minimum atomic E-state index is 0.809. The van der Waals surface area contributed by atoms with Crippen LogP contribution in [0.1, 0.15) is 11.1 Å². The minimum absolute atomic E-state index is 0.809. The summed E-state index contributed by atoms with van der Waals surface area (Å²) in [5, 5.41) is 0. The third kappa shape index (κ3) is 2.04. The molecule has 77 valence electrons. The van der Waals surface area contributed by atoms with Crippen LogP contribution in [0.5, 0.6) is 11.6 Å². The van der Waals surface area contributed by atoms with E-state index < -0.39 is 0 Å². The molecule has 0 fully saturated rings. The number of aryl methyl sites for hydroxylation is 3. The van der Waals surface area contributed by atoms with E-state index in [-0.39, 0.29) is 0 Å². The van der Waals surface area contributed by atoms with E-state index in [1.165, 1.54) is 5.56 Å². The first-order valence-electron chi connectivity index (χ1n) is 4.94. The molecule has 0 amide bonds. The maximum atomic E-state index is 5.79. The number of hydrogen-bond donors (Lipinski definition) is 0. The van der Waals surface area contributed by atoms with Gasteiger partial charge in [-0.3, -0.25) is 0 Å². The van der Waals surface area contributed by atoms with Gasteiger partial charge >= 0.3 is 0 Å². The lowest BCUT2D eigenvalue weighted by molar-refractivity contribution is 0.440. The SMILES string of the molecule is Cc1ccc(C)c(Oc2c[c]cn2C)c1. The third-order valence-corrected chi connectivity index (χ3v) is 2.38. The van der Waals surface area contributed by atoms with Crippen molar-refractivity contribution in [2.75, 3.05) is 0 Å². The van der Waals surface area contributed by atoms with Gasteiger partial charge in [-0.15, -0.1) is 0 Å². The number of benzene rings is 1. The predicted octanol–water partition coefficient (Wildman–Crippen LogP) is 3.23. The Morgan fingerprint density at radius 3 is 2.73 bits per heavy atom. The Morgan fingerprint density at radius 1 is 1.27 bits per heavy atom. The molecule has 0 saturated heterocycles. The monoisotopic (exact) mass is 200 g/mol. The highest BCUT2D eigenvalue weighted by Gasteiger charge is 2.03. The van der Waals surface area contributed by atoms with Gasteiger partial charge in [0.25, 0.3) is 0 Å². The summed E-state index contributed by atoms with van der Waals surface area (Å²) in [7, 11) is 1.94. The van der Waals surface area contributed by atoms with E-state index in [4.69, 9.17) is 4.74 Å². The molecule has 0 aliphatic carbocycles. The summed E-state index contributed by atoms with van der Waals surface area (Å²) in [6, 6.07) is 11.0. The molecule has 2 nitrogen and oxygen atoms in total. The second-order valence-corrected chi connectivity index (χ2v) is 3.76. The fraction of sp³-hybridized carbons (Fsp3) is 0.231. The fourth-order valence-corrected chi connectivity index (χ4v) is 1.42. The van der Waals surface area contributed by atoms with Crippen molar-refractivity contribution in [1.29, 1.82) is 0 Å². The first kappa shape index (κ1) is 9.84. The van der Waals surface area contributed by atoms with Crippen molar-refractivity contribution in [2.45, 2.75) is 13.8 Å². The maximum absolute atomic E-state index is 5.79. The Hall–Kier alpha value is -1.70. The van der Waals surface area contributed by atoms with E-state index in [1.54, 1.807) is 0 Å². The van der Waals surface area contributed by atoms with Crippen molar-refractivity contribution < 1.29 is 4.74 Å². The standard InChI is InChI=1S/C13H14NO/c1-10-6-7-11(2)12(9-10)15-13-5-4-8-14(13)3/h5-9H,1-3H3. The summed E-state index contributed by atoms with van der Waals surface area (Å²) in [6.07, 6.45) is 1.85. The van der Waals surface area contributed by atoms with Gasteiger partial charge in [0.05, 0.1) is 0 Å². The lowest BCUT2D eigenvalue weighted by Crippen LogP contribution is -1.93. The van der Waals surface area contributed by atoms with E-state index in [1.807, 2.05) is 36.9 Å². The fourth-order valence-electron chi connectivity index (χ4n) is 1.42. The molecule has 15 heavy (non-hydrogen) atoms. The predicted molar refractivity (Wildman–Crippen MR) is 60.2 cm³/mol. The van der Waals surface area contributed by atoms with Gasteiger partial charge in [-0.05, 0) is 31.0 Å². The Kier molecular flexibility index (Phi) is 2.50. The van der Waals surface area contributed by atoms with Gasteiger partial charge in [-0.25, -0.2) is 0 Å². The van der Waals surface area contributed by atoms with Crippen LogP contribution in [0.15, 0.2) is 30.5 Å². The molecule has 1 radical (unpaired) electrons. The smallest absolute Gasteiger partial charge is 0.200 e. The zero-order valence-corrected chi connectivity index (χ0v) is 9.24. The molecule has 0 saturated carbocycles. The topological polar surface area (TPSA) is 14.2 Å². The summed E-state index contributed by atoms with van der Waals surface area (Å²) < 4.78 is 7.70. The van der Waals surface area contributed by atoms with Crippen LogP contribution in [0.3, 0.4) is 0 Å². The Labute approximate surface area is 90.1 Å². The van der Waals surface area contributed by atoms with Crippen LogP contribution < -0.4 is 4.74 Å². The lowest BCUT2D eigenvalue weighted by Gasteiger charge is -2.09. The average molecular weight is 200 g/mol. The highest BCUT2D eigenvalue weighted by Crippen LogP contribution is 2.25. The highest BCUT2D eigenvalue weighted by molar-refractivity contribution is 5.38. The molecule has 2 rings (SSSR count). The third-order valence-electron chi connectivity index (χ3n) is 2.38. The molecule has 2 heteroatoms. The van der Waals surface area contributed by atoms with Gasteiger partial charge < -0.3 is 9.30 Å². The van der Waals surface area contributed by atoms with E-state index in [0.717, 1.165) is 17.2 Å². The first-order valence-corrected chi connectivity index (χ1v) is 4.94. The van der Waals surface area contributed by atoms with Crippen LogP contribution in [0.2, 0.25) is 0 Å². The van der Waals surface area contributed by atoms with E-state index in [2.05, 4.69) is 25.1 Å². The largest absolute Gasteiger partial charge is 0.441 e. The number of aromatic nitrogens is 1. The van der Waals surface area contributed by atoms with Crippen LogP contribution in [-0.2, 0) is 7.05 Å². The van der Waals surface area contributed by atoms with Crippen molar-refractivity contribution in [3.63, 3.8) is 0 Å². The minimum Gasteiger partial charge on any atom is -0.441 e. The number of nitrogens with zero attached hydrogens (tertiary/aromatic N) is 1. The molecule has 1 aromatic heterocycles. The summed E-state index contributed by atoms with van der Waals surface area (Å²) in [4.78, 5) is 0. The van der Waals surface area contributed by atoms with Gasteiger partial charge in [-0.2, -0.15) is 0 Å². The second-order valence-electron chi connectivity index (χ2n) is 3.76. The van der Waals surface area contributed by atoms with Gasteiger partial charge in [0.15, 0.2) is 5.88 Å². The van der Waals surface area contributed by atoms with Crippen LogP contribution in [-0.4, -0.2) is 4.57 Å². The van der Waals surface area contributed by atoms with Crippen molar-refractivity contribution in [2.24, 2.45) is 7.05 Å². The Balaban J connectivity index is 2.32. The molecule has 2 aromatic rings. The molecule has 0 aliphatic heterocycles. The Morgan fingerprint density at radius 2 is 2.07 bits per heavy atom. The molecule has 0 spiro atoms. The molecular weight excluding hydrogens is 186 g/mol. The molecule has 0 bridgehead atoms. The molecule has 1 heterocycles. The number of ether oxygens (including phenoxy) is 1. The van der Waals surface area contributed by atoms with Crippen molar-refractivity contribution in [3.05, 3.63) is 47.7 Å². The van der Waals surface area contributed by atoms with Gasteiger partial charge in [0, 0.05) is 25.4 Å². The molecule has 1 aromatic carbocycles. The summed E-state index contributed by atoms with van der Waals surface area (Å²) in [6.45, 7) is 4.10. The van der Waals surface area contributed by atoms with E-state index in [0.29, 0.717) is 0 Å². The van der Waals surface area contributed by atoms with Crippen LogP contribution in [0.4, 0.5) is 0 Å². The van der Waals surface area contributed by atoms with E-state index in [9.17, 15) is 0 Å². The normalized spacial score (nSPS) is 10.3. The molecular formula is C13H14NO.